The maximum atomic E-state index is 13.3. The number of anilines is 1. The first-order chi connectivity index (χ1) is 11.6. The topological polar surface area (TPSA) is 63.2 Å². The molecule has 1 unspecified atom stereocenters. The molecule has 1 N–H and O–H groups in total. The first-order valence-electron chi connectivity index (χ1n) is 7.32. The van der Waals surface area contributed by atoms with Gasteiger partial charge in [-0.15, -0.1) is 0 Å². The molecule has 134 valence electrons. The summed E-state index contributed by atoms with van der Waals surface area (Å²) in [5.41, 5.74) is 0.998. The molecule has 0 aliphatic heterocycles. The predicted molar refractivity (Wildman–Crippen MR) is 93.3 cm³/mol. The zero-order chi connectivity index (χ0) is 18.8. The summed E-state index contributed by atoms with van der Waals surface area (Å²) in [5.74, 6) is -2.43. The van der Waals surface area contributed by atoms with Crippen molar-refractivity contribution in [3.8, 4) is 0 Å². The highest BCUT2D eigenvalue weighted by Crippen LogP contribution is 2.22. The lowest BCUT2D eigenvalue weighted by Crippen LogP contribution is -2.33. The molecule has 0 aliphatic rings. The summed E-state index contributed by atoms with van der Waals surface area (Å²) in [6, 6.07) is 7.19. The minimum absolute atomic E-state index is 0.0304. The van der Waals surface area contributed by atoms with E-state index in [4.69, 9.17) is 11.6 Å². The molecular weight excluding hydrogens is 372 g/mol. The highest BCUT2D eigenvalue weighted by atomic mass is 35.5. The summed E-state index contributed by atoms with van der Waals surface area (Å²) in [4.78, 5) is 12.2. The van der Waals surface area contributed by atoms with Gasteiger partial charge in [0.05, 0.1) is 5.75 Å². The summed E-state index contributed by atoms with van der Waals surface area (Å²) in [5, 5.41) is 0.993. The molecule has 2 rings (SSSR count). The number of nitrogens with one attached hydrogen (secondary N) is 1. The lowest BCUT2D eigenvalue weighted by Gasteiger charge is -2.15. The molecule has 0 spiro atoms. The average Bonchev–Trinajstić information content (AvgIpc) is 2.52. The standard InChI is InChI=1S/C17H16ClF2NO3S/c1-10-3-5-14(20)8-16(10)21-17(22)11(2)25(23,24)9-12-4-6-13(19)7-15(12)18/h3-8,11H,9H2,1-2H3,(H,21,22). The molecule has 0 bridgehead atoms. The van der Waals surface area contributed by atoms with Crippen LogP contribution in [0.2, 0.25) is 5.02 Å². The number of sulfone groups is 1. The van der Waals surface area contributed by atoms with Crippen molar-refractivity contribution in [1.29, 1.82) is 0 Å². The molecule has 0 fully saturated rings. The van der Waals surface area contributed by atoms with E-state index < -0.39 is 38.4 Å². The fourth-order valence-corrected chi connectivity index (χ4v) is 3.74. The number of rotatable bonds is 5. The third-order valence-electron chi connectivity index (χ3n) is 3.74. The number of carbonyl (C=O) groups is 1. The Hall–Kier alpha value is -1.99. The van der Waals surface area contributed by atoms with Crippen LogP contribution in [-0.2, 0) is 20.4 Å². The number of hydrogen-bond acceptors (Lipinski definition) is 3. The van der Waals surface area contributed by atoms with E-state index in [1.807, 2.05) is 0 Å². The Morgan fingerprint density at radius 3 is 2.40 bits per heavy atom. The van der Waals surface area contributed by atoms with Gasteiger partial charge in [-0.3, -0.25) is 4.79 Å². The lowest BCUT2D eigenvalue weighted by atomic mass is 10.2. The zero-order valence-corrected chi connectivity index (χ0v) is 15.1. The van der Waals surface area contributed by atoms with Crippen molar-refractivity contribution in [3.63, 3.8) is 0 Å². The van der Waals surface area contributed by atoms with Crippen molar-refractivity contribution in [2.45, 2.75) is 24.9 Å². The summed E-state index contributed by atoms with van der Waals surface area (Å²) >= 11 is 5.84. The molecule has 0 saturated heterocycles. The van der Waals surface area contributed by atoms with E-state index in [1.54, 1.807) is 6.92 Å². The zero-order valence-electron chi connectivity index (χ0n) is 13.5. The van der Waals surface area contributed by atoms with Gasteiger partial charge < -0.3 is 5.32 Å². The van der Waals surface area contributed by atoms with Crippen LogP contribution in [0.15, 0.2) is 36.4 Å². The molecule has 2 aromatic rings. The molecule has 2 aromatic carbocycles. The van der Waals surface area contributed by atoms with Gasteiger partial charge in [0.25, 0.3) is 0 Å². The number of amides is 1. The maximum Gasteiger partial charge on any atom is 0.242 e. The summed E-state index contributed by atoms with van der Waals surface area (Å²) in [6.07, 6.45) is 0. The molecule has 25 heavy (non-hydrogen) atoms. The Bertz CT molecular complexity index is 916. The second kappa shape index (κ2) is 7.49. The van der Waals surface area contributed by atoms with Gasteiger partial charge in [0.1, 0.15) is 16.9 Å². The second-order valence-electron chi connectivity index (χ2n) is 5.63. The van der Waals surface area contributed by atoms with E-state index in [1.165, 1.54) is 25.1 Å². The van der Waals surface area contributed by atoms with Crippen LogP contribution in [0, 0.1) is 18.6 Å². The Morgan fingerprint density at radius 1 is 1.16 bits per heavy atom. The van der Waals surface area contributed by atoms with Crippen LogP contribution in [0.5, 0.6) is 0 Å². The molecule has 4 nitrogen and oxygen atoms in total. The molecule has 0 aromatic heterocycles. The molecular formula is C17H16ClF2NO3S. The van der Waals surface area contributed by atoms with Crippen LogP contribution in [0.25, 0.3) is 0 Å². The van der Waals surface area contributed by atoms with Crippen LogP contribution >= 0.6 is 11.6 Å². The highest BCUT2D eigenvalue weighted by molar-refractivity contribution is 7.92. The van der Waals surface area contributed by atoms with Crippen molar-refractivity contribution >= 4 is 33.0 Å². The number of aryl methyl sites for hydroxylation is 1. The number of carbonyl (C=O) groups excluding carboxylic acids is 1. The van der Waals surface area contributed by atoms with Crippen molar-refractivity contribution in [3.05, 3.63) is 64.2 Å². The van der Waals surface area contributed by atoms with Gasteiger partial charge in [-0.05, 0) is 49.2 Å². The second-order valence-corrected chi connectivity index (χ2v) is 8.36. The Labute approximate surface area is 149 Å². The van der Waals surface area contributed by atoms with E-state index in [0.29, 0.717) is 5.56 Å². The number of hydrogen-bond donors (Lipinski definition) is 1. The molecule has 8 heteroatoms. The van der Waals surface area contributed by atoms with E-state index >= 15 is 0 Å². The average molecular weight is 388 g/mol. The van der Waals surface area contributed by atoms with Crippen molar-refractivity contribution in [2.75, 3.05) is 5.32 Å². The first-order valence-corrected chi connectivity index (χ1v) is 9.42. The van der Waals surface area contributed by atoms with Crippen molar-refractivity contribution < 1.29 is 22.0 Å². The molecule has 0 aliphatic carbocycles. The summed E-state index contributed by atoms with van der Waals surface area (Å²) in [7, 11) is -3.90. The third-order valence-corrected chi connectivity index (χ3v) is 6.09. The Kier molecular flexibility index (Phi) is 5.80. The predicted octanol–water partition coefficient (Wildman–Crippen LogP) is 3.87. The quantitative estimate of drug-likeness (QED) is 0.847. The van der Waals surface area contributed by atoms with Gasteiger partial charge in [-0.25, -0.2) is 17.2 Å². The molecule has 1 atom stereocenters. The Balaban J connectivity index is 2.18. The monoisotopic (exact) mass is 387 g/mol. The van der Waals surface area contributed by atoms with E-state index in [9.17, 15) is 22.0 Å². The Morgan fingerprint density at radius 2 is 1.76 bits per heavy atom. The van der Waals surface area contributed by atoms with E-state index in [0.717, 1.165) is 18.2 Å². The van der Waals surface area contributed by atoms with E-state index in [-0.39, 0.29) is 16.3 Å². The van der Waals surface area contributed by atoms with Gasteiger partial charge in [0, 0.05) is 10.7 Å². The van der Waals surface area contributed by atoms with Gasteiger partial charge in [-0.2, -0.15) is 0 Å². The normalized spacial score (nSPS) is 12.7. The van der Waals surface area contributed by atoms with Gasteiger partial charge in [0.15, 0.2) is 9.84 Å². The van der Waals surface area contributed by atoms with Crippen molar-refractivity contribution in [2.24, 2.45) is 0 Å². The lowest BCUT2D eigenvalue weighted by molar-refractivity contribution is -0.115. The molecule has 1 amide bonds. The highest BCUT2D eigenvalue weighted by Gasteiger charge is 2.29. The van der Waals surface area contributed by atoms with Gasteiger partial charge in [0.2, 0.25) is 5.91 Å². The summed E-state index contributed by atoms with van der Waals surface area (Å²) in [6.45, 7) is 2.89. The fourth-order valence-electron chi connectivity index (χ4n) is 2.11. The maximum absolute atomic E-state index is 13.3. The van der Waals surface area contributed by atoms with Crippen LogP contribution in [0.3, 0.4) is 0 Å². The SMILES string of the molecule is Cc1ccc(F)cc1NC(=O)C(C)S(=O)(=O)Cc1ccc(F)cc1Cl. The molecule has 0 saturated carbocycles. The van der Waals surface area contributed by atoms with Crippen LogP contribution < -0.4 is 5.32 Å². The molecule has 0 radical (unpaired) electrons. The minimum Gasteiger partial charge on any atom is -0.325 e. The number of halogens is 3. The van der Waals surface area contributed by atoms with Gasteiger partial charge in [-0.1, -0.05) is 23.7 Å². The van der Waals surface area contributed by atoms with Crippen LogP contribution in [0.4, 0.5) is 14.5 Å². The largest absolute Gasteiger partial charge is 0.325 e. The fraction of sp³-hybridized carbons (Fsp3) is 0.235. The van der Waals surface area contributed by atoms with Gasteiger partial charge >= 0.3 is 0 Å². The smallest absolute Gasteiger partial charge is 0.242 e. The molecule has 0 heterocycles. The van der Waals surface area contributed by atoms with Crippen molar-refractivity contribution in [1.82, 2.24) is 0 Å². The van der Waals surface area contributed by atoms with E-state index in [2.05, 4.69) is 5.32 Å². The first kappa shape index (κ1) is 19.3. The summed E-state index contributed by atoms with van der Waals surface area (Å²) < 4.78 is 51.2. The number of benzene rings is 2. The van der Waals surface area contributed by atoms with Crippen LogP contribution in [0.1, 0.15) is 18.1 Å². The third kappa shape index (κ3) is 4.76. The van der Waals surface area contributed by atoms with Crippen LogP contribution in [-0.4, -0.2) is 19.6 Å². The minimum atomic E-state index is -3.90.